The van der Waals surface area contributed by atoms with E-state index < -0.39 is 0 Å². The van der Waals surface area contributed by atoms with Crippen molar-refractivity contribution in [3.8, 4) is 0 Å². The maximum Gasteiger partial charge on any atom is 0.0459 e. The van der Waals surface area contributed by atoms with Crippen molar-refractivity contribution in [3.05, 3.63) is 35.5 Å². The minimum Gasteiger partial charge on any atom is -0.357 e. The molecule has 0 bridgehead atoms. The van der Waals surface area contributed by atoms with Crippen LogP contribution in [-0.2, 0) is 6.54 Å². The van der Waals surface area contributed by atoms with Crippen LogP contribution in [0.15, 0.2) is 24.3 Å². The predicted octanol–water partition coefficient (Wildman–Crippen LogP) is 3.07. The first-order chi connectivity index (χ1) is 7.81. The summed E-state index contributed by atoms with van der Waals surface area (Å²) in [5.74, 6) is 0. The van der Waals surface area contributed by atoms with Crippen LogP contribution in [0.2, 0.25) is 0 Å². The Morgan fingerprint density at radius 2 is 2.00 bits per heavy atom. The van der Waals surface area contributed by atoms with Crippen LogP contribution in [0.25, 0.3) is 10.9 Å². The number of rotatable bonds is 2. The lowest BCUT2D eigenvalue weighted by Gasteiger charge is -2.12. The first-order valence-corrected chi connectivity index (χ1v) is 6.12. The molecule has 1 aliphatic rings. The van der Waals surface area contributed by atoms with Crippen molar-refractivity contribution in [2.75, 3.05) is 13.1 Å². The van der Waals surface area contributed by atoms with Crippen molar-refractivity contribution < 1.29 is 0 Å². The molecule has 0 spiro atoms. The van der Waals surface area contributed by atoms with Crippen LogP contribution in [0.4, 0.5) is 0 Å². The number of nitrogens with zero attached hydrogens (tertiary/aromatic N) is 1. The van der Waals surface area contributed by atoms with Crippen LogP contribution < -0.4 is 0 Å². The highest BCUT2D eigenvalue weighted by molar-refractivity contribution is 5.81. The molecule has 1 aromatic heterocycles. The number of aromatic nitrogens is 1. The molecule has 0 aliphatic carbocycles. The molecule has 2 heterocycles. The molecule has 0 atom stereocenters. The number of H-pyrrole nitrogens is 1. The average molecular weight is 214 g/mol. The second kappa shape index (κ2) is 3.95. The zero-order valence-corrected chi connectivity index (χ0v) is 9.79. The van der Waals surface area contributed by atoms with Gasteiger partial charge in [0.25, 0.3) is 0 Å². The normalized spacial score (nSPS) is 17.3. The minimum absolute atomic E-state index is 1.08. The predicted molar refractivity (Wildman–Crippen MR) is 67.5 cm³/mol. The van der Waals surface area contributed by atoms with E-state index in [9.17, 15) is 0 Å². The highest BCUT2D eigenvalue weighted by Crippen LogP contribution is 2.19. The Balaban J connectivity index is 1.86. The molecule has 0 unspecified atom stereocenters. The Hall–Kier alpha value is -1.28. The van der Waals surface area contributed by atoms with Gasteiger partial charge in [0.15, 0.2) is 0 Å². The number of hydrogen-bond acceptors (Lipinski definition) is 1. The van der Waals surface area contributed by atoms with E-state index in [1.807, 2.05) is 0 Å². The molecule has 2 heteroatoms. The fraction of sp³-hybridized carbons (Fsp3) is 0.429. The van der Waals surface area contributed by atoms with Gasteiger partial charge in [-0.1, -0.05) is 12.1 Å². The van der Waals surface area contributed by atoms with Crippen molar-refractivity contribution in [2.24, 2.45) is 0 Å². The molecule has 2 nitrogen and oxygen atoms in total. The molecule has 0 amide bonds. The van der Waals surface area contributed by atoms with Crippen LogP contribution in [-0.4, -0.2) is 23.0 Å². The standard InChI is InChI=1S/C14H18N2/c1-11-4-5-12-9-13(15-14(12)8-11)10-16-6-2-3-7-16/h4-5,8-9,15H,2-3,6-7,10H2,1H3. The van der Waals surface area contributed by atoms with Gasteiger partial charge in [-0.2, -0.15) is 0 Å². The van der Waals surface area contributed by atoms with Gasteiger partial charge in [0.05, 0.1) is 0 Å². The van der Waals surface area contributed by atoms with Gasteiger partial charge < -0.3 is 4.98 Å². The summed E-state index contributed by atoms with van der Waals surface area (Å²) in [4.78, 5) is 6.05. The molecule has 0 radical (unpaired) electrons. The third kappa shape index (κ3) is 1.85. The zero-order valence-electron chi connectivity index (χ0n) is 9.79. The molecule has 16 heavy (non-hydrogen) atoms. The highest BCUT2D eigenvalue weighted by atomic mass is 15.1. The summed E-state index contributed by atoms with van der Waals surface area (Å²) in [5, 5.41) is 1.33. The first kappa shape index (κ1) is 9.91. The highest BCUT2D eigenvalue weighted by Gasteiger charge is 2.12. The molecule has 0 saturated carbocycles. The molecule has 1 aliphatic heterocycles. The smallest absolute Gasteiger partial charge is 0.0459 e. The SMILES string of the molecule is Cc1ccc2cc(CN3CCCC3)[nH]c2c1. The van der Waals surface area contributed by atoms with E-state index in [0.717, 1.165) is 6.54 Å². The zero-order chi connectivity index (χ0) is 11.0. The van der Waals surface area contributed by atoms with Gasteiger partial charge in [0.1, 0.15) is 0 Å². The van der Waals surface area contributed by atoms with Gasteiger partial charge in [0, 0.05) is 17.8 Å². The summed E-state index contributed by atoms with van der Waals surface area (Å²) in [5.41, 5.74) is 3.94. The number of fused-ring (bicyclic) bond motifs is 1. The molecule has 84 valence electrons. The lowest BCUT2D eigenvalue weighted by Crippen LogP contribution is -2.18. The fourth-order valence-corrected chi connectivity index (χ4v) is 2.57. The molecule has 3 rings (SSSR count). The van der Waals surface area contributed by atoms with E-state index in [2.05, 4.69) is 41.1 Å². The Kier molecular flexibility index (Phi) is 2.44. The molecule has 1 saturated heterocycles. The van der Waals surface area contributed by atoms with Gasteiger partial charge in [-0.25, -0.2) is 0 Å². The largest absolute Gasteiger partial charge is 0.357 e. The Morgan fingerprint density at radius 1 is 1.19 bits per heavy atom. The number of aryl methyl sites for hydroxylation is 1. The number of nitrogens with one attached hydrogen (secondary N) is 1. The lowest BCUT2D eigenvalue weighted by atomic mass is 10.2. The number of benzene rings is 1. The molecule has 2 aromatic rings. The monoisotopic (exact) mass is 214 g/mol. The maximum absolute atomic E-state index is 3.52. The van der Waals surface area contributed by atoms with Gasteiger partial charge in [0.2, 0.25) is 0 Å². The number of likely N-dealkylation sites (tertiary alicyclic amines) is 1. The third-order valence-electron chi connectivity index (χ3n) is 3.43. The Labute approximate surface area is 96.3 Å². The summed E-state index contributed by atoms with van der Waals surface area (Å²) in [6.07, 6.45) is 2.72. The van der Waals surface area contributed by atoms with E-state index in [1.165, 1.54) is 48.1 Å². The van der Waals surface area contributed by atoms with E-state index in [-0.39, 0.29) is 0 Å². The van der Waals surface area contributed by atoms with E-state index in [1.54, 1.807) is 0 Å². The molecular formula is C14H18N2. The third-order valence-corrected chi connectivity index (χ3v) is 3.43. The molecule has 1 fully saturated rings. The quantitative estimate of drug-likeness (QED) is 0.814. The van der Waals surface area contributed by atoms with Gasteiger partial charge in [-0.05, 0) is 55.9 Å². The summed E-state index contributed by atoms with van der Waals surface area (Å²) >= 11 is 0. The van der Waals surface area contributed by atoms with Crippen LogP contribution in [0, 0.1) is 6.92 Å². The lowest BCUT2D eigenvalue weighted by molar-refractivity contribution is 0.328. The number of aromatic amines is 1. The first-order valence-electron chi connectivity index (χ1n) is 6.12. The van der Waals surface area contributed by atoms with Crippen molar-refractivity contribution in [1.82, 2.24) is 9.88 Å². The van der Waals surface area contributed by atoms with Gasteiger partial charge >= 0.3 is 0 Å². The fourth-order valence-electron chi connectivity index (χ4n) is 2.57. The van der Waals surface area contributed by atoms with E-state index >= 15 is 0 Å². The van der Waals surface area contributed by atoms with E-state index in [0.29, 0.717) is 0 Å². The van der Waals surface area contributed by atoms with Crippen LogP contribution >= 0.6 is 0 Å². The van der Waals surface area contributed by atoms with E-state index in [4.69, 9.17) is 0 Å². The second-order valence-electron chi connectivity index (χ2n) is 4.87. The van der Waals surface area contributed by atoms with Crippen LogP contribution in [0.1, 0.15) is 24.1 Å². The molecule has 1 aromatic carbocycles. The summed E-state index contributed by atoms with van der Waals surface area (Å²) in [6, 6.07) is 8.89. The second-order valence-corrected chi connectivity index (χ2v) is 4.87. The number of hydrogen-bond donors (Lipinski definition) is 1. The maximum atomic E-state index is 3.52. The van der Waals surface area contributed by atoms with Gasteiger partial charge in [-0.3, -0.25) is 4.90 Å². The Morgan fingerprint density at radius 3 is 2.81 bits per heavy atom. The molecular weight excluding hydrogens is 196 g/mol. The van der Waals surface area contributed by atoms with Crippen molar-refractivity contribution in [1.29, 1.82) is 0 Å². The molecule has 1 N–H and O–H groups in total. The van der Waals surface area contributed by atoms with Crippen molar-refractivity contribution >= 4 is 10.9 Å². The van der Waals surface area contributed by atoms with Gasteiger partial charge in [-0.15, -0.1) is 0 Å². The summed E-state index contributed by atoms with van der Waals surface area (Å²) in [6.45, 7) is 5.73. The summed E-state index contributed by atoms with van der Waals surface area (Å²) < 4.78 is 0. The Bertz CT molecular complexity index is 492. The minimum atomic E-state index is 1.08. The summed E-state index contributed by atoms with van der Waals surface area (Å²) in [7, 11) is 0. The van der Waals surface area contributed by atoms with Crippen molar-refractivity contribution in [3.63, 3.8) is 0 Å². The average Bonchev–Trinajstić information content (AvgIpc) is 2.86. The van der Waals surface area contributed by atoms with Crippen molar-refractivity contribution in [2.45, 2.75) is 26.3 Å². The van der Waals surface area contributed by atoms with Crippen LogP contribution in [0.5, 0.6) is 0 Å². The topological polar surface area (TPSA) is 19.0 Å². The van der Waals surface area contributed by atoms with Crippen LogP contribution in [0.3, 0.4) is 0 Å².